The Hall–Kier alpha value is -2.66. The molecule has 8 nitrogen and oxygen atoms in total. The van der Waals surface area contributed by atoms with Crippen LogP contribution in [-0.4, -0.2) is 58.7 Å². The number of carbonyl (C=O) groups is 1. The van der Waals surface area contributed by atoms with Gasteiger partial charge in [-0.2, -0.15) is 0 Å². The van der Waals surface area contributed by atoms with Crippen LogP contribution in [-0.2, 0) is 9.16 Å². The number of halogens is 1. The first-order valence-corrected chi connectivity index (χ1v) is 14.2. The molecule has 2 aromatic heterocycles. The molecule has 1 fully saturated rings. The quantitative estimate of drug-likeness (QED) is 0.508. The fourth-order valence-electron chi connectivity index (χ4n) is 3.74. The molecule has 1 amide bonds. The van der Waals surface area contributed by atoms with E-state index in [1.165, 1.54) is 6.33 Å². The molecule has 34 heavy (non-hydrogen) atoms. The molecule has 10 heteroatoms. The van der Waals surface area contributed by atoms with E-state index in [2.05, 4.69) is 36.1 Å². The van der Waals surface area contributed by atoms with Crippen LogP contribution < -0.4 is 5.32 Å². The number of nitrogens with zero attached hydrogens (tertiary/aromatic N) is 3. The molecule has 0 radical (unpaired) electrons. The zero-order valence-electron chi connectivity index (χ0n) is 20.0. The summed E-state index contributed by atoms with van der Waals surface area (Å²) in [5, 5.41) is 12.5. The molecule has 4 atom stereocenters. The number of anilines is 1. The van der Waals surface area contributed by atoms with Crippen LogP contribution in [0.2, 0.25) is 18.1 Å². The molecule has 3 aromatic rings. The molecule has 1 aliphatic heterocycles. The van der Waals surface area contributed by atoms with Gasteiger partial charge < -0.3 is 14.3 Å². The molecule has 3 heterocycles. The maximum Gasteiger partial charge on any atom is 0.257 e. The maximum absolute atomic E-state index is 15.7. The summed E-state index contributed by atoms with van der Waals surface area (Å²) in [6.07, 6.45) is -1.08. The first-order chi connectivity index (χ1) is 16.0. The summed E-state index contributed by atoms with van der Waals surface area (Å²) in [5.41, 5.74) is 1.50. The fourth-order valence-corrected chi connectivity index (χ4v) is 5.06. The van der Waals surface area contributed by atoms with Crippen molar-refractivity contribution in [1.29, 1.82) is 0 Å². The van der Waals surface area contributed by atoms with E-state index in [0.717, 1.165) is 0 Å². The summed E-state index contributed by atoms with van der Waals surface area (Å²) in [6, 6.07) is 10.5. The van der Waals surface area contributed by atoms with E-state index >= 15 is 4.39 Å². The molecule has 2 N–H and O–H groups in total. The summed E-state index contributed by atoms with van der Waals surface area (Å²) in [7, 11) is -2.30. The van der Waals surface area contributed by atoms with E-state index in [1.54, 1.807) is 40.9 Å². The number of aromatic nitrogens is 3. The average Bonchev–Trinajstić information content (AvgIpc) is 3.35. The predicted molar refractivity (Wildman–Crippen MR) is 129 cm³/mol. The standard InChI is InChI=1S/C24H31FN4O4Si/c1-24(2,3)34(4,5)33-21-17(13-30)32-20(19(21)25)16-11-18-26-14-27-23(29(18)12-16)28-22(31)15-9-7-6-8-10-15/h6-12,14,17,19-21,30H,13H2,1-5H3,(H,26,27,28,31)/t17-,19+,20+,21-/m1/s1. The molecule has 1 saturated heterocycles. The van der Waals surface area contributed by atoms with Gasteiger partial charge in [-0.15, -0.1) is 0 Å². The SMILES string of the molecule is CC(C)(C)[Si](C)(C)O[C@H]1[C@@H](F)[C@H](c2cc3ncnc(NC(=O)c4ccccc4)n3c2)O[C@@H]1CO. The number of carbonyl (C=O) groups excluding carboxylic acids is 1. The van der Waals surface area contributed by atoms with Crippen molar-refractivity contribution in [1.82, 2.24) is 14.4 Å². The highest BCUT2D eigenvalue weighted by molar-refractivity contribution is 6.74. The Labute approximate surface area is 199 Å². The lowest BCUT2D eigenvalue weighted by molar-refractivity contribution is -0.0197. The highest BCUT2D eigenvalue weighted by Gasteiger charge is 2.51. The first kappa shape index (κ1) is 24.5. The summed E-state index contributed by atoms with van der Waals surface area (Å²) < 4.78 is 29.5. The molecule has 1 aromatic carbocycles. The number of alkyl halides is 1. The van der Waals surface area contributed by atoms with Crippen LogP contribution in [0.3, 0.4) is 0 Å². The monoisotopic (exact) mass is 486 g/mol. The second-order valence-electron chi connectivity index (χ2n) is 10.1. The number of hydrogen-bond acceptors (Lipinski definition) is 6. The number of hydrogen-bond donors (Lipinski definition) is 2. The minimum absolute atomic E-state index is 0.114. The van der Waals surface area contributed by atoms with Gasteiger partial charge in [-0.3, -0.25) is 14.5 Å². The number of benzene rings is 1. The Balaban J connectivity index is 1.60. The van der Waals surface area contributed by atoms with Crippen molar-refractivity contribution in [2.24, 2.45) is 0 Å². The van der Waals surface area contributed by atoms with E-state index in [4.69, 9.17) is 9.16 Å². The third-order valence-corrected chi connectivity index (χ3v) is 11.2. The maximum atomic E-state index is 15.7. The Morgan fingerprint density at radius 1 is 1.26 bits per heavy atom. The van der Waals surface area contributed by atoms with Crippen molar-refractivity contribution in [3.05, 3.63) is 60.0 Å². The van der Waals surface area contributed by atoms with Gasteiger partial charge in [0.25, 0.3) is 5.91 Å². The molecule has 0 bridgehead atoms. The third-order valence-electron chi connectivity index (χ3n) is 6.72. The van der Waals surface area contributed by atoms with Gasteiger partial charge in [0.1, 0.15) is 30.3 Å². The molecular formula is C24H31FN4O4Si. The lowest BCUT2D eigenvalue weighted by atomic mass is 10.1. The van der Waals surface area contributed by atoms with E-state index in [9.17, 15) is 9.90 Å². The molecule has 182 valence electrons. The van der Waals surface area contributed by atoms with Crippen molar-refractivity contribution in [3.63, 3.8) is 0 Å². The minimum Gasteiger partial charge on any atom is -0.408 e. The van der Waals surface area contributed by atoms with E-state index in [-0.39, 0.29) is 23.5 Å². The minimum atomic E-state index is -2.30. The lowest BCUT2D eigenvalue weighted by Crippen LogP contribution is -2.48. The van der Waals surface area contributed by atoms with Gasteiger partial charge in [-0.05, 0) is 36.3 Å². The Kier molecular flexibility index (Phi) is 6.60. The number of amides is 1. The van der Waals surface area contributed by atoms with Gasteiger partial charge in [0.05, 0.1) is 6.61 Å². The number of aliphatic hydroxyl groups is 1. The van der Waals surface area contributed by atoms with Crippen molar-refractivity contribution >= 4 is 25.8 Å². The second kappa shape index (κ2) is 9.18. The van der Waals surface area contributed by atoms with Crippen LogP contribution >= 0.6 is 0 Å². The third kappa shape index (κ3) is 4.63. The number of aliphatic hydroxyl groups excluding tert-OH is 1. The molecule has 1 aliphatic rings. The Morgan fingerprint density at radius 3 is 2.62 bits per heavy atom. The van der Waals surface area contributed by atoms with Gasteiger partial charge in [-0.1, -0.05) is 39.0 Å². The van der Waals surface area contributed by atoms with E-state index in [1.807, 2.05) is 19.2 Å². The normalized spacial score (nSPS) is 23.4. The summed E-state index contributed by atoms with van der Waals surface area (Å²) in [4.78, 5) is 21.0. The number of nitrogens with one attached hydrogen (secondary N) is 1. The highest BCUT2D eigenvalue weighted by atomic mass is 28.4. The van der Waals surface area contributed by atoms with Crippen LogP contribution in [0.1, 0.15) is 42.8 Å². The Morgan fingerprint density at radius 2 is 1.97 bits per heavy atom. The molecule has 0 saturated carbocycles. The smallest absolute Gasteiger partial charge is 0.257 e. The van der Waals surface area contributed by atoms with Crippen molar-refractivity contribution in [3.8, 4) is 0 Å². The van der Waals surface area contributed by atoms with Crippen molar-refractivity contribution in [2.75, 3.05) is 11.9 Å². The molecule has 0 aliphatic carbocycles. The predicted octanol–water partition coefficient (Wildman–Crippen LogP) is 4.14. The van der Waals surface area contributed by atoms with Crippen LogP contribution in [0, 0.1) is 0 Å². The van der Waals surface area contributed by atoms with Crippen molar-refractivity contribution < 1.29 is 23.5 Å². The van der Waals surface area contributed by atoms with Gasteiger partial charge in [-0.25, -0.2) is 14.4 Å². The number of ether oxygens (including phenoxy) is 1. The molecule has 0 unspecified atom stereocenters. The molecule has 0 spiro atoms. The Bertz CT molecular complexity index is 1160. The summed E-state index contributed by atoms with van der Waals surface area (Å²) in [6.45, 7) is 9.99. The average molecular weight is 487 g/mol. The van der Waals surface area contributed by atoms with Gasteiger partial charge in [0.2, 0.25) is 5.95 Å². The van der Waals surface area contributed by atoms with Crippen LogP contribution in [0.5, 0.6) is 0 Å². The summed E-state index contributed by atoms with van der Waals surface area (Å²) in [5.74, 6) is -0.0641. The van der Waals surface area contributed by atoms with E-state index in [0.29, 0.717) is 16.8 Å². The fraction of sp³-hybridized carbons (Fsp3) is 0.458. The van der Waals surface area contributed by atoms with Gasteiger partial charge in [0, 0.05) is 17.3 Å². The van der Waals surface area contributed by atoms with Gasteiger partial charge in [0.15, 0.2) is 14.5 Å². The largest absolute Gasteiger partial charge is 0.408 e. The number of rotatable bonds is 6. The first-order valence-electron chi connectivity index (χ1n) is 11.3. The lowest BCUT2D eigenvalue weighted by Gasteiger charge is -2.39. The molecular weight excluding hydrogens is 455 g/mol. The number of fused-ring (bicyclic) bond motifs is 1. The topological polar surface area (TPSA) is 98.0 Å². The van der Waals surface area contributed by atoms with Crippen LogP contribution in [0.15, 0.2) is 48.9 Å². The summed E-state index contributed by atoms with van der Waals surface area (Å²) >= 11 is 0. The van der Waals surface area contributed by atoms with Crippen molar-refractivity contribution in [2.45, 2.75) is 63.4 Å². The zero-order valence-corrected chi connectivity index (χ0v) is 21.0. The van der Waals surface area contributed by atoms with E-state index < -0.39 is 32.8 Å². The second-order valence-corrected chi connectivity index (χ2v) is 14.8. The molecule has 4 rings (SSSR count). The highest BCUT2D eigenvalue weighted by Crippen LogP contribution is 2.43. The van der Waals surface area contributed by atoms with Gasteiger partial charge >= 0.3 is 0 Å². The van der Waals surface area contributed by atoms with Crippen LogP contribution in [0.25, 0.3) is 5.65 Å². The zero-order chi connectivity index (χ0) is 24.7. The van der Waals surface area contributed by atoms with Crippen LogP contribution in [0.4, 0.5) is 10.3 Å².